The van der Waals surface area contributed by atoms with Gasteiger partial charge in [0.15, 0.2) is 6.04 Å². The number of benzene rings is 3. The van der Waals surface area contributed by atoms with Crippen molar-refractivity contribution in [2.75, 3.05) is 36.4 Å². The topological polar surface area (TPSA) is 36.8 Å². The Hall–Kier alpha value is -3.18. The number of nitrogens with zero attached hydrogens (tertiary/aromatic N) is 1. The Morgan fingerprint density at radius 1 is 0.933 bits per heavy atom. The quantitative estimate of drug-likeness (QED) is 0.685. The Kier molecular flexibility index (Phi) is 6.10. The van der Waals surface area contributed by atoms with Crippen LogP contribution in [-0.2, 0) is 4.79 Å². The lowest BCUT2D eigenvalue weighted by molar-refractivity contribution is -0.914. The SMILES string of the molecule is C[C@@H](C(=O)Nc1ccccc1-c1ccccc1)[NH+]1CCN(c2ccccc2F)CC1. The first-order valence-electron chi connectivity index (χ1n) is 10.4. The highest BCUT2D eigenvalue weighted by Crippen LogP contribution is 2.27. The highest BCUT2D eigenvalue weighted by atomic mass is 19.1. The Morgan fingerprint density at radius 2 is 1.57 bits per heavy atom. The first-order valence-corrected chi connectivity index (χ1v) is 10.4. The minimum atomic E-state index is -0.190. The number of nitrogens with one attached hydrogen (secondary N) is 2. The number of quaternary nitrogens is 1. The van der Waals surface area contributed by atoms with E-state index in [9.17, 15) is 9.18 Å². The molecule has 0 unspecified atom stereocenters. The molecular weight excluding hydrogens is 377 g/mol. The van der Waals surface area contributed by atoms with Crippen LogP contribution in [0.2, 0.25) is 0 Å². The molecule has 4 nitrogen and oxygen atoms in total. The molecule has 1 heterocycles. The zero-order valence-corrected chi connectivity index (χ0v) is 17.1. The summed E-state index contributed by atoms with van der Waals surface area (Å²) in [6, 6.07) is 24.6. The Bertz CT molecular complexity index is 1000. The maximum absolute atomic E-state index is 14.1. The highest BCUT2D eigenvalue weighted by Gasteiger charge is 2.30. The maximum Gasteiger partial charge on any atom is 0.282 e. The molecule has 1 saturated heterocycles. The van der Waals surface area contributed by atoms with E-state index in [-0.39, 0.29) is 17.8 Å². The molecule has 0 bridgehead atoms. The number of hydrogen-bond acceptors (Lipinski definition) is 2. The van der Waals surface area contributed by atoms with E-state index in [1.165, 1.54) is 11.0 Å². The summed E-state index contributed by atoms with van der Waals surface area (Å²) in [5.41, 5.74) is 3.56. The molecule has 0 aliphatic carbocycles. The van der Waals surface area contributed by atoms with E-state index in [2.05, 4.69) is 10.2 Å². The zero-order chi connectivity index (χ0) is 20.9. The molecule has 4 rings (SSSR count). The first-order chi connectivity index (χ1) is 14.6. The van der Waals surface area contributed by atoms with Crippen molar-refractivity contribution in [2.45, 2.75) is 13.0 Å². The largest absolute Gasteiger partial charge is 0.358 e. The highest BCUT2D eigenvalue weighted by molar-refractivity contribution is 5.97. The van der Waals surface area contributed by atoms with Gasteiger partial charge < -0.3 is 15.1 Å². The molecular formula is C25H27FN3O+. The number of piperazine rings is 1. The van der Waals surface area contributed by atoms with Crippen molar-refractivity contribution in [3.63, 3.8) is 0 Å². The third-order valence-electron chi connectivity index (χ3n) is 5.87. The van der Waals surface area contributed by atoms with Gasteiger partial charge in [0.2, 0.25) is 0 Å². The second kappa shape index (κ2) is 9.09. The summed E-state index contributed by atoms with van der Waals surface area (Å²) in [7, 11) is 0. The molecule has 1 fully saturated rings. The summed E-state index contributed by atoms with van der Waals surface area (Å²) < 4.78 is 14.1. The molecule has 5 heteroatoms. The van der Waals surface area contributed by atoms with Gasteiger partial charge in [-0.25, -0.2) is 4.39 Å². The number of amides is 1. The number of carbonyl (C=O) groups is 1. The van der Waals surface area contributed by atoms with Crippen LogP contribution in [0.25, 0.3) is 11.1 Å². The third kappa shape index (κ3) is 4.36. The van der Waals surface area contributed by atoms with Crippen LogP contribution in [0.4, 0.5) is 15.8 Å². The Balaban J connectivity index is 1.40. The monoisotopic (exact) mass is 404 g/mol. The van der Waals surface area contributed by atoms with E-state index in [4.69, 9.17) is 0 Å². The van der Waals surface area contributed by atoms with Crippen molar-refractivity contribution in [2.24, 2.45) is 0 Å². The lowest BCUT2D eigenvalue weighted by Crippen LogP contribution is -3.19. The maximum atomic E-state index is 14.1. The summed E-state index contributed by atoms with van der Waals surface area (Å²) >= 11 is 0. The van der Waals surface area contributed by atoms with Crippen molar-refractivity contribution in [1.82, 2.24) is 0 Å². The van der Waals surface area contributed by atoms with Gasteiger partial charge in [0, 0.05) is 11.3 Å². The summed E-state index contributed by atoms with van der Waals surface area (Å²) in [6.45, 7) is 5.02. The molecule has 30 heavy (non-hydrogen) atoms. The Morgan fingerprint density at radius 3 is 2.30 bits per heavy atom. The number of carbonyl (C=O) groups excluding carboxylic acids is 1. The van der Waals surface area contributed by atoms with Gasteiger partial charge >= 0.3 is 0 Å². The molecule has 1 aliphatic rings. The summed E-state index contributed by atoms with van der Waals surface area (Å²) in [5.74, 6) is -0.183. The lowest BCUT2D eigenvalue weighted by atomic mass is 10.0. The fraction of sp³-hybridized carbons (Fsp3) is 0.240. The van der Waals surface area contributed by atoms with Crippen LogP contribution in [0.15, 0.2) is 78.9 Å². The van der Waals surface area contributed by atoms with Crippen molar-refractivity contribution in [1.29, 1.82) is 0 Å². The van der Waals surface area contributed by atoms with Crippen LogP contribution in [0.1, 0.15) is 6.92 Å². The van der Waals surface area contributed by atoms with Gasteiger partial charge in [0.1, 0.15) is 5.82 Å². The predicted molar refractivity (Wildman–Crippen MR) is 119 cm³/mol. The van der Waals surface area contributed by atoms with E-state index in [0.717, 1.165) is 43.0 Å². The summed E-state index contributed by atoms with van der Waals surface area (Å²) in [4.78, 5) is 16.3. The standard InChI is InChI=1S/C25H26FN3O/c1-19(28-15-17-29(18-16-28)24-14-8-6-12-22(24)26)25(30)27-23-13-7-5-11-21(23)20-9-3-2-4-10-20/h2-14,19H,15-18H2,1H3,(H,27,30)/p+1/t19-/m0/s1. The van der Waals surface area contributed by atoms with Crippen LogP contribution in [-0.4, -0.2) is 38.1 Å². The number of rotatable bonds is 5. The molecule has 1 atom stereocenters. The number of anilines is 2. The van der Waals surface area contributed by atoms with Crippen molar-refractivity contribution in [3.05, 3.63) is 84.7 Å². The summed E-state index contributed by atoms with van der Waals surface area (Å²) in [5, 5.41) is 3.12. The van der Waals surface area contributed by atoms with Crippen LogP contribution in [0, 0.1) is 5.82 Å². The van der Waals surface area contributed by atoms with E-state index in [0.29, 0.717) is 5.69 Å². The van der Waals surface area contributed by atoms with Crippen LogP contribution in [0.3, 0.4) is 0 Å². The smallest absolute Gasteiger partial charge is 0.282 e. The molecule has 0 aromatic heterocycles. The van der Waals surface area contributed by atoms with E-state index >= 15 is 0 Å². The van der Waals surface area contributed by atoms with Crippen LogP contribution in [0.5, 0.6) is 0 Å². The minimum absolute atomic E-state index is 0.00715. The van der Waals surface area contributed by atoms with Gasteiger partial charge in [0.05, 0.1) is 31.9 Å². The van der Waals surface area contributed by atoms with E-state index in [1.54, 1.807) is 6.07 Å². The first kappa shape index (κ1) is 20.1. The molecule has 0 spiro atoms. The minimum Gasteiger partial charge on any atom is -0.358 e. The zero-order valence-electron chi connectivity index (χ0n) is 17.1. The van der Waals surface area contributed by atoms with Crippen LogP contribution < -0.4 is 15.1 Å². The Labute approximate surface area is 176 Å². The fourth-order valence-corrected chi connectivity index (χ4v) is 4.06. The molecule has 3 aromatic rings. The molecule has 154 valence electrons. The second-order valence-corrected chi connectivity index (χ2v) is 7.72. The second-order valence-electron chi connectivity index (χ2n) is 7.72. The van der Waals surface area contributed by atoms with E-state index in [1.807, 2.05) is 73.7 Å². The molecule has 1 aliphatic heterocycles. The molecule has 0 radical (unpaired) electrons. The van der Waals surface area contributed by atoms with E-state index < -0.39 is 0 Å². The fourth-order valence-electron chi connectivity index (χ4n) is 4.06. The third-order valence-corrected chi connectivity index (χ3v) is 5.87. The van der Waals surface area contributed by atoms with Gasteiger partial charge in [-0.2, -0.15) is 0 Å². The van der Waals surface area contributed by atoms with Crippen molar-refractivity contribution < 1.29 is 14.1 Å². The number of hydrogen-bond donors (Lipinski definition) is 2. The van der Waals surface area contributed by atoms with Gasteiger partial charge in [-0.3, -0.25) is 4.79 Å². The lowest BCUT2D eigenvalue weighted by Gasteiger charge is -2.36. The van der Waals surface area contributed by atoms with Gasteiger partial charge in [-0.1, -0.05) is 60.7 Å². The normalized spacial score (nSPS) is 15.6. The van der Waals surface area contributed by atoms with Crippen LogP contribution >= 0.6 is 0 Å². The van der Waals surface area contributed by atoms with Crippen molar-refractivity contribution >= 4 is 17.3 Å². The molecule has 1 amide bonds. The molecule has 2 N–H and O–H groups in total. The molecule has 3 aromatic carbocycles. The van der Waals surface area contributed by atoms with Gasteiger partial charge in [-0.05, 0) is 30.7 Å². The van der Waals surface area contributed by atoms with Gasteiger partial charge in [-0.15, -0.1) is 0 Å². The average Bonchev–Trinajstić information content (AvgIpc) is 2.80. The number of para-hydroxylation sites is 2. The van der Waals surface area contributed by atoms with Gasteiger partial charge in [0.25, 0.3) is 5.91 Å². The average molecular weight is 405 g/mol. The van der Waals surface area contributed by atoms with Crippen molar-refractivity contribution in [3.8, 4) is 11.1 Å². The summed E-state index contributed by atoms with van der Waals surface area (Å²) in [6.07, 6.45) is 0. The molecule has 0 saturated carbocycles. The number of halogens is 1. The predicted octanol–water partition coefficient (Wildman–Crippen LogP) is 3.22.